The van der Waals surface area contributed by atoms with Gasteiger partial charge in [-0.25, -0.2) is 0 Å². The van der Waals surface area contributed by atoms with Crippen LogP contribution < -0.4 is 5.32 Å². The predicted molar refractivity (Wildman–Crippen MR) is 84.1 cm³/mol. The molecule has 0 aromatic carbocycles. The lowest BCUT2D eigenvalue weighted by Gasteiger charge is -2.27. The predicted octanol–water partition coefficient (Wildman–Crippen LogP) is 5.54. The highest BCUT2D eigenvalue weighted by molar-refractivity contribution is 4.74. The molecular formula is C17H37N. The molecule has 0 radical (unpaired) electrons. The molecule has 1 unspecified atom stereocenters. The first-order chi connectivity index (χ1) is 8.52. The lowest BCUT2D eigenvalue weighted by molar-refractivity contribution is 0.285. The number of hydrogen-bond acceptors (Lipinski definition) is 1. The van der Waals surface area contributed by atoms with Crippen LogP contribution >= 0.6 is 0 Å². The van der Waals surface area contributed by atoms with Gasteiger partial charge in [0.05, 0.1) is 0 Å². The van der Waals surface area contributed by atoms with E-state index in [9.17, 15) is 0 Å². The summed E-state index contributed by atoms with van der Waals surface area (Å²) in [7, 11) is 0. The van der Waals surface area contributed by atoms with Crippen molar-refractivity contribution in [3.05, 3.63) is 0 Å². The molecule has 0 saturated heterocycles. The zero-order chi connectivity index (χ0) is 13.9. The van der Waals surface area contributed by atoms with Gasteiger partial charge in [0.15, 0.2) is 0 Å². The third-order valence-corrected chi connectivity index (χ3v) is 3.88. The molecule has 0 aromatic rings. The van der Waals surface area contributed by atoms with Gasteiger partial charge in [0.1, 0.15) is 0 Å². The van der Waals surface area contributed by atoms with E-state index in [1.54, 1.807) is 0 Å². The second kappa shape index (κ2) is 10.8. The number of nitrogens with one attached hydrogen (secondary N) is 1. The van der Waals surface area contributed by atoms with Gasteiger partial charge in [0, 0.05) is 12.6 Å². The molecule has 0 fully saturated rings. The SMILES string of the molecule is CCCCCCC(C)NCC(C)(C)CCCCC. The molecule has 0 spiro atoms. The zero-order valence-corrected chi connectivity index (χ0v) is 13.6. The Bertz CT molecular complexity index is 174. The summed E-state index contributed by atoms with van der Waals surface area (Å²) in [5, 5.41) is 3.73. The van der Waals surface area contributed by atoms with Crippen LogP contribution in [0.1, 0.15) is 92.4 Å². The Morgan fingerprint density at radius 3 is 2.11 bits per heavy atom. The quantitative estimate of drug-likeness (QED) is 0.451. The summed E-state index contributed by atoms with van der Waals surface area (Å²) < 4.78 is 0. The van der Waals surface area contributed by atoms with Crippen molar-refractivity contribution in [1.82, 2.24) is 5.32 Å². The van der Waals surface area contributed by atoms with E-state index in [1.807, 2.05) is 0 Å². The van der Waals surface area contributed by atoms with Crippen LogP contribution in [0.25, 0.3) is 0 Å². The van der Waals surface area contributed by atoms with Gasteiger partial charge in [-0.3, -0.25) is 0 Å². The van der Waals surface area contributed by atoms with Crippen molar-refractivity contribution in [3.8, 4) is 0 Å². The van der Waals surface area contributed by atoms with Gasteiger partial charge in [-0.2, -0.15) is 0 Å². The summed E-state index contributed by atoms with van der Waals surface area (Å²) in [6.07, 6.45) is 12.3. The van der Waals surface area contributed by atoms with Crippen molar-refractivity contribution >= 4 is 0 Å². The van der Waals surface area contributed by atoms with Gasteiger partial charge >= 0.3 is 0 Å². The van der Waals surface area contributed by atoms with E-state index >= 15 is 0 Å². The minimum atomic E-state index is 0.465. The molecule has 0 rings (SSSR count). The van der Waals surface area contributed by atoms with Crippen LogP contribution in [0, 0.1) is 5.41 Å². The highest BCUT2D eigenvalue weighted by atomic mass is 14.9. The second-order valence-electron chi connectivity index (χ2n) is 6.75. The average molecular weight is 255 g/mol. The van der Waals surface area contributed by atoms with Crippen LogP contribution in [-0.4, -0.2) is 12.6 Å². The van der Waals surface area contributed by atoms with Crippen molar-refractivity contribution in [2.75, 3.05) is 6.54 Å². The highest BCUT2D eigenvalue weighted by Crippen LogP contribution is 2.23. The average Bonchev–Trinajstić information content (AvgIpc) is 2.32. The molecule has 0 aromatic heterocycles. The molecule has 18 heavy (non-hydrogen) atoms. The second-order valence-corrected chi connectivity index (χ2v) is 6.75. The molecule has 0 aliphatic rings. The van der Waals surface area contributed by atoms with E-state index in [0.717, 1.165) is 0 Å². The van der Waals surface area contributed by atoms with Gasteiger partial charge in [0.2, 0.25) is 0 Å². The molecular weight excluding hydrogens is 218 g/mol. The molecule has 1 nitrogen and oxygen atoms in total. The van der Waals surface area contributed by atoms with E-state index in [2.05, 4.69) is 39.9 Å². The molecule has 0 aliphatic heterocycles. The normalized spacial score (nSPS) is 13.8. The third-order valence-electron chi connectivity index (χ3n) is 3.88. The maximum absolute atomic E-state index is 3.73. The van der Waals surface area contributed by atoms with Gasteiger partial charge in [-0.05, 0) is 25.2 Å². The molecule has 0 saturated carbocycles. The van der Waals surface area contributed by atoms with Crippen molar-refractivity contribution in [3.63, 3.8) is 0 Å². The number of hydrogen-bond donors (Lipinski definition) is 1. The van der Waals surface area contributed by atoms with E-state index in [4.69, 9.17) is 0 Å². The molecule has 1 atom stereocenters. The highest BCUT2D eigenvalue weighted by Gasteiger charge is 2.17. The Morgan fingerprint density at radius 1 is 0.889 bits per heavy atom. The van der Waals surface area contributed by atoms with Crippen molar-refractivity contribution in [2.24, 2.45) is 5.41 Å². The summed E-state index contributed by atoms with van der Waals surface area (Å²) in [5.41, 5.74) is 0.465. The molecule has 1 heteroatoms. The fraction of sp³-hybridized carbons (Fsp3) is 1.00. The molecule has 0 aliphatic carbocycles. The van der Waals surface area contributed by atoms with Gasteiger partial charge in [-0.15, -0.1) is 0 Å². The summed E-state index contributed by atoms with van der Waals surface area (Å²) in [5.74, 6) is 0. The Kier molecular flexibility index (Phi) is 10.8. The van der Waals surface area contributed by atoms with E-state index in [0.29, 0.717) is 11.5 Å². The van der Waals surface area contributed by atoms with Crippen LogP contribution in [0.2, 0.25) is 0 Å². The fourth-order valence-electron chi connectivity index (χ4n) is 2.37. The van der Waals surface area contributed by atoms with E-state index in [-0.39, 0.29) is 0 Å². The topological polar surface area (TPSA) is 12.0 Å². The maximum Gasteiger partial charge on any atom is 0.00389 e. The van der Waals surface area contributed by atoms with Crippen LogP contribution in [0.4, 0.5) is 0 Å². The first-order valence-electron chi connectivity index (χ1n) is 8.25. The fourth-order valence-corrected chi connectivity index (χ4v) is 2.37. The van der Waals surface area contributed by atoms with Gasteiger partial charge in [-0.1, -0.05) is 72.6 Å². The van der Waals surface area contributed by atoms with Crippen molar-refractivity contribution in [2.45, 2.75) is 98.4 Å². The number of rotatable bonds is 12. The molecule has 0 bridgehead atoms. The first kappa shape index (κ1) is 18.0. The zero-order valence-electron chi connectivity index (χ0n) is 13.6. The maximum atomic E-state index is 3.73. The van der Waals surface area contributed by atoms with Crippen molar-refractivity contribution < 1.29 is 0 Å². The largest absolute Gasteiger partial charge is 0.314 e. The molecule has 0 amide bonds. The minimum absolute atomic E-state index is 0.465. The summed E-state index contributed by atoms with van der Waals surface area (Å²) in [6.45, 7) is 12.9. The lowest BCUT2D eigenvalue weighted by atomic mass is 9.86. The standard InChI is InChI=1S/C17H37N/c1-6-8-10-11-13-16(3)18-15-17(4,5)14-12-9-7-2/h16,18H,6-15H2,1-5H3. The molecule has 0 heterocycles. The van der Waals surface area contributed by atoms with Crippen LogP contribution in [-0.2, 0) is 0 Å². The lowest BCUT2D eigenvalue weighted by Crippen LogP contribution is -2.35. The molecule has 110 valence electrons. The van der Waals surface area contributed by atoms with Crippen LogP contribution in [0.3, 0.4) is 0 Å². The van der Waals surface area contributed by atoms with Crippen LogP contribution in [0.15, 0.2) is 0 Å². The van der Waals surface area contributed by atoms with Gasteiger partial charge < -0.3 is 5.32 Å². The Labute approximate surface area is 116 Å². The first-order valence-corrected chi connectivity index (χ1v) is 8.25. The van der Waals surface area contributed by atoms with E-state index < -0.39 is 0 Å². The summed E-state index contributed by atoms with van der Waals surface area (Å²) in [4.78, 5) is 0. The Hall–Kier alpha value is -0.0400. The smallest absolute Gasteiger partial charge is 0.00389 e. The summed E-state index contributed by atoms with van der Waals surface area (Å²) >= 11 is 0. The molecule has 1 N–H and O–H groups in total. The van der Waals surface area contributed by atoms with Gasteiger partial charge in [0.25, 0.3) is 0 Å². The third kappa shape index (κ3) is 11.1. The Balaban J connectivity index is 3.58. The monoisotopic (exact) mass is 255 g/mol. The van der Waals surface area contributed by atoms with Crippen LogP contribution in [0.5, 0.6) is 0 Å². The minimum Gasteiger partial charge on any atom is -0.314 e. The van der Waals surface area contributed by atoms with Crippen molar-refractivity contribution in [1.29, 1.82) is 0 Å². The van der Waals surface area contributed by atoms with E-state index in [1.165, 1.54) is 64.3 Å². The summed E-state index contributed by atoms with van der Waals surface area (Å²) in [6, 6.07) is 0.687. The Morgan fingerprint density at radius 2 is 1.50 bits per heavy atom. The number of unbranched alkanes of at least 4 members (excludes halogenated alkanes) is 5.